The molecule has 9 nitrogen and oxygen atoms in total. The molecule has 4 aliphatic rings. The van der Waals surface area contributed by atoms with Crippen molar-refractivity contribution >= 4 is 28.8 Å². The van der Waals surface area contributed by atoms with Gasteiger partial charge in [-0.3, -0.25) is 24.6 Å². The molecule has 1 aromatic carbocycles. The van der Waals surface area contributed by atoms with E-state index in [1.807, 2.05) is 6.07 Å². The summed E-state index contributed by atoms with van der Waals surface area (Å²) in [5.41, 5.74) is 3.44. The van der Waals surface area contributed by atoms with Gasteiger partial charge in [-0.2, -0.15) is 0 Å². The Morgan fingerprint density at radius 3 is 2.59 bits per heavy atom. The summed E-state index contributed by atoms with van der Waals surface area (Å²) in [7, 11) is 2.10. The van der Waals surface area contributed by atoms with E-state index in [1.54, 1.807) is 12.1 Å². The molecule has 6 heterocycles. The van der Waals surface area contributed by atoms with Crippen molar-refractivity contribution < 1.29 is 18.8 Å². The molecule has 0 saturated carbocycles. The maximum absolute atomic E-state index is 16.2. The van der Waals surface area contributed by atoms with Crippen LogP contribution in [0.3, 0.4) is 0 Å². The van der Waals surface area contributed by atoms with E-state index in [4.69, 9.17) is 4.98 Å². The molecule has 0 aliphatic carbocycles. The first-order chi connectivity index (χ1) is 18.9. The van der Waals surface area contributed by atoms with E-state index in [-0.39, 0.29) is 42.3 Å². The van der Waals surface area contributed by atoms with Gasteiger partial charge in [0.25, 0.3) is 5.91 Å². The second-order valence-electron chi connectivity index (χ2n) is 11.3. The molecule has 3 saturated heterocycles. The van der Waals surface area contributed by atoms with E-state index in [9.17, 15) is 14.4 Å². The van der Waals surface area contributed by atoms with Crippen LogP contribution in [0.1, 0.15) is 53.2 Å². The van der Waals surface area contributed by atoms with Gasteiger partial charge in [-0.05, 0) is 69.2 Å². The molecule has 3 fully saturated rings. The van der Waals surface area contributed by atoms with Crippen molar-refractivity contribution in [1.82, 2.24) is 29.6 Å². The van der Waals surface area contributed by atoms with Crippen LogP contribution >= 0.6 is 0 Å². The van der Waals surface area contributed by atoms with Gasteiger partial charge < -0.3 is 14.4 Å². The van der Waals surface area contributed by atoms with E-state index >= 15 is 4.39 Å². The number of carbonyl (C=O) groups excluding carboxylic acids is 3. The Kier molecular flexibility index (Phi) is 5.78. The number of piperidine rings is 1. The van der Waals surface area contributed by atoms with Crippen LogP contribution < -0.4 is 5.32 Å². The molecular formula is C29H31FN6O3. The first-order valence-electron chi connectivity index (χ1n) is 13.7. The van der Waals surface area contributed by atoms with Gasteiger partial charge in [0.05, 0.1) is 18.3 Å². The van der Waals surface area contributed by atoms with Crippen molar-refractivity contribution in [2.75, 3.05) is 33.2 Å². The Morgan fingerprint density at radius 2 is 1.85 bits per heavy atom. The number of likely N-dealkylation sites (tertiary alicyclic amines) is 2. The predicted octanol–water partition coefficient (Wildman–Crippen LogP) is 2.69. The first-order valence-corrected chi connectivity index (χ1v) is 13.7. The zero-order valence-electron chi connectivity index (χ0n) is 22.0. The number of hydrogen-bond acceptors (Lipinski definition) is 6. The lowest BCUT2D eigenvalue weighted by Gasteiger charge is -2.37. The minimum Gasteiger partial charge on any atom is -0.327 e. The topological polar surface area (TPSA) is 90.8 Å². The fourth-order valence-electron chi connectivity index (χ4n) is 6.59. The SMILES string of the molecule is CN1CC(n2ccc3c(CN4CCCC4)cc(-c4ccc5c(c4F)CN(C4CCC(=O)NC4=O)C5=O)nc32)C1. The molecule has 0 bridgehead atoms. The molecule has 1 N–H and O–H groups in total. The van der Waals surface area contributed by atoms with E-state index in [0.717, 1.165) is 49.3 Å². The Balaban J connectivity index is 1.28. The summed E-state index contributed by atoms with van der Waals surface area (Å²) in [6, 6.07) is 6.96. The van der Waals surface area contributed by atoms with E-state index in [1.165, 1.54) is 17.7 Å². The van der Waals surface area contributed by atoms with Crippen LogP contribution in [-0.4, -0.2) is 81.2 Å². The minimum absolute atomic E-state index is 0.00617. The molecule has 0 spiro atoms. The van der Waals surface area contributed by atoms with E-state index in [0.29, 0.717) is 17.3 Å². The number of hydrogen-bond donors (Lipinski definition) is 1. The zero-order valence-corrected chi connectivity index (χ0v) is 22.0. The number of aromatic nitrogens is 2. The van der Waals surface area contributed by atoms with Crippen LogP contribution in [-0.2, 0) is 22.7 Å². The van der Waals surface area contributed by atoms with Gasteiger partial charge in [-0.25, -0.2) is 9.37 Å². The third-order valence-corrected chi connectivity index (χ3v) is 8.73. The number of rotatable bonds is 5. The Morgan fingerprint density at radius 1 is 1.08 bits per heavy atom. The van der Waals surface area contributed by atoms with Crippen molar-refractivity contribution in [3.05, 3.63) is 53.0 Å². The Hall–Kier alpha value is -3.63. The second-order valence-corrected chi connectivity index (χ2v) is 11.3. The van der Waals surface area contributed by atoms with Gasteiger partial charge >= 0.3 is 0 Å². The smallest absolute Gasteiger partial charge is 0.255 e. The minimum atomic E-state index is -0.782. The van der Waals surface area contributed by atoms with E-state index < -0.39 is 17.8 Å². The molecule has 4 aliphatic heterocycles. The number of fused-ring (bicyclic) bond motifs is 2. The van der Waals surface area contributed by atoms with Crippen LogP contribution in [0.25, 0.3) is 22.3 Å². The highest BCUT2D eigenvalue weighted by atomic mass is 19.1. The van der Waals surface area contributed by atoms with Gasteiger partial charge in [-0.1, -0.05) is 0 Å². The Bertz CT molecular complexity index is 1520. The Labute approximate surface area is 225 Å². The molecule has 2 aromatic heterocycles. The summed E-state index contributed by atoms with van der Waals surface area (Å²) in [5.74, 6) is -1.71. The molecular weight excluding hydrogens is 499 g/mol. The third kappa shape index (κ3) is 4.04. The lowest BCUT2D eigenvalue weighted by Crippen LogP contribution is -2.52. The van der Waals surface area contributed by atoms with Crippen molar-refractivity contribution in [2.24, 2.45) is 0 Å². The quantitative estimate of drug-likeness (QED) is 0.511. The van der Waals surface area contributed by atoms with Crippen LogP contribution in [0.2, 0.25) is 0 Å². The summed E-state index contributed by atoms with van der Waals surface area (Å²) < 4.78 is 18.4. The molecule has 39 heavy (non-hydrogen) atoms. The lowest BCUT2D eigenvalue weighted by molar-refractivity contribution is -0.136. The van der Waals surface area contributed by atoms with Crippen LogP contribution in [0.5, 0.6) is 0 Å². The normalized spacial score (nSPS) is 22.6. The number of nitrogens with one attached hydrogen (secondary N) is 1. The van der Waals surface area contributed by atoms with Crippen molar-refractivity contribution in [3.8, 4) is 11.3 Å². The summed E-state index contributed by atoms with van der Waals surface area (Å²) in [6.45, 7) is 4.78. The van der Waals surface area contributed by atoms with Crippen LogP contribution in [0.15, 0.2) is 30.5 Å². The van der Waals surface area contributed by atoms with Crippen molar-refractivity contribution in [2.45, 2.75) is 50.9 Å². The predicted molar refractivity (Wildman–Crippen MR) is 142 cm³/mol. The number of imide groups is 1. The molecule has 3 amide bonds. The number of nitrogens with zero attached hydrogens (tertiary/aromatic N) is 5. The highest BCUT2D eigenvalue weighted by Crippen LogP contribution is 2.36. The molecule has 0 radical (unpaired) electrons. The number of carbonyl (C=O) groups is 3. The van der Waals surface area contributed by atoms with Crippen molar-refractivity contribution in [1.29, 1.82) is 0 Å². The molecule has 202 valence electrons. The molecule has 1 unspecified atom stereocenters. The van der Waals surface area contributed by atoms with Crippen molar-refractivity contribution in [3.63, 3.8) is 0 Å². The number of likely N-dealkylation sites (N-methyl/N-ethyl adjacent to an activating group) is 1. The monoisotopic (exact) mass is 530 g/mol. The van der Waals surface area contributed by atoms with Crippen LogP contribution in [0, 0.1) is 5.82 Å². The maximum atomic E-state index is 16.2. The average molecular weight is 531 g/mol. The van der Waals surface area contributed by atoms with Gasteiger partial charge in [0, 0.05) is 54.3 Å². The van der Waals surface area contributed by atoms with E-state index in [2.05, 4.69) is 39.0 Å². The zero-order chi connectivity index (χ0) is 26.8. The number of pyridine rings is 1. The summed E-state index contributed by atoms with van der Waals surface area (Å²) >= 11 is 0. The first kappa shape index (κ1) is 24.4. The van der Waals surface area contributed by atoms with Gasteiger partial charge in [0.15, 0.2) is 0 Å². The van der Waals surface area contributed by atoms with Crippen LogP contribution in [0.4, 0.5) is 4.39 Å². The summed E-state index contributed by atoms with van der Waals surface area (Å²) in [5, 5.41) is 3.40. The highest BCUT2D eigenvalue weighted by Gasteiger charge is 2.40. The molecule has 3 aromatic rings. The molecule has 10 heteroatoms. The largest absolute Gasteiger partial charge is 0.327 e. The standard InChI is InChI=1S/C29H31FN6O3/c1-33-14-18(15-33)35-11-8-19-17(13-34-9-2-3-10-34)12-23(31-27(19)35)21-5-4-20-22(26(21)30)16-36(29(20)39)24-6-7-25(37)32-28(24)38/h4-5,8,11-12,18,24H,2-3,6-7,9-10,13-16H2,1H3,(H,32,37,38). The van der Waals surface area contributed by atoms with Gasteiger partial charge in [0.2, 0.25) is 11.8 Å². The molecule has 1 atom stereocenters. The number of amides is 3. The maximum Gasteiger partial charge on any atom is 0.255 e. The molecule has 7 rings (SSSR count). The fourth-order valence-corrected chi connectivity index (χ4v) is 6.59. The lowest BCUT2D eigenvalue weighted by atomic mass is 10.0. The van der Waals surface area contributed by atoms with Gasteiger partial charge in [-0.15, -0.1) is 0 Å². The second kappa shape index (κ2) is 9.24. The third-order valence-electron chi connectivity index (χ3n) is 8.73. The highest BCUT2D eigenvalue weighted by molar-refractivity contribution is 6.05. The summed E-state index contributed by atoms with van der Waals surface area (Å²) in [4.78, 5) is 48.3. The number of benzene rings is 1. The summed E-state index contributed by atoms with van der Waals surface area (Å²) in [6.07, 6.45) is 4.87. The fraction of sp³-hybridized carbons (Fsp3) is 0.448. The average Bonchev–Trinajstić information content (AvgIpc) is 3.63. The number of halogens is 1. The van der Waals surface area contributed by atoms with Gasteiger partial charge in [0.1, 0.15) is 17.5 Å².